The van der Waals surface area contributed by atoms with Crippen molar-refractivity contribution in [3.63, 3.8) is 0 Å². The number of likely N-dealkylation sites (tertiary alicyclic amines) is 1. The van der Waals surface area contributed by atoms with E-state index >= 15 is 0 Å². The van der Waals surface area contributed by atoms with Crippen LogP contribution < -0.4 is 10.6 Å². The number of fused-ring (bicyclic) bond motifs is 1. The number of carbonyl (C=O) groups excluding carboxylic acids is 3. The Hall–Kier alpha value is -2.98. The van der Waals surface area contributed by atoms with E-state index in [4.69, 9.17) is 0 Å². The number of alkyl halides is 2. The standard InChI is InChI=1S/C27H36F2N8O5S/c1-14(7-16(38)10-36-13-32-33-34-36)19-20-15(2)22(21(25(41)42)37(20)24(19)40)43-17-8-18(30-9-17)23(39)35-5-3-26(4-6-35)11-27(28,29)12-31-26/h13-15,17-20,30-31H,3-12H2,1-2H3,(H,41,42)/t14?,15-,17?,18?,19-,20-/m1/s1. The van der Waals surface area contributed by atoms with E-state index < -0.39 is 29.4 Å². The third kappa shape index (κ3) is 5.57. The maximum absolute atomic E-state index is 13.8. The van der Waals surface area contributed by atoms with E-state index in [-0.39, 0.29) is 72.4 Å². The van der Waals surface area contributed by atoms with Gasteiger partial charge in [0.25, 0.3) is 5.92 Å². The first-order chi connectivity index (χ1) is 20.4. The molecule has 234 valence electrons. The van der Waals surface area contributed by atoms with Crippen LogP contribution in [0.25, 0.3) is 0 Å². The summed E-state index contributed by atoms with van der Waals surface area (Å²) < 4.78 is 28.9. The number of hydrogen-bond donors (Lipinski definition) is 3. The number of amides is 2. The summed E-state index contributed by atoms with van der Waals surface area (Å²) >= 11 is 1.41. The number of halogens is 2. The van der Waals surface area contributed by atoms with Gasteiger partial charge in [0.15, 0.2) is 5.78 Å². The van der Waals surface area contributed by atoms with Crippen molar-refractivity contribution in [2.45, 2.75) is 81.3 Å². The minimum Gasteiger partial charge on any atom is -0.477 e. The van der Waals surface area contributed by atoms with Crippen LogP contribution in [0.5, 0.6) is 0 Å². The number of β-lactam (4-membered cyclic amide) rings is 1. The van der Waals surface area contributed by atoms with Crippen molar-refractivity contribution in [1.29, 1.82) is 0 Å². The fourth-order valence-electron chi connectivity index (χ4n) is 7.58. The molecule has 4 saturated heterocycles. The molecule has 1 spiro atoms. The lowest BCUT2D eigenvalue weighted by Crippen LogP contribution is -2.62. The fourth-order valence-corrected chi connectivity index (χ4v) is 9.06. The summed E-state index contributed by atoms with van der Waals surface area (Å²) in [5.41, 5.74) is -0.614. The van der Waals surface area contributed by atoms with Gasteiger partial charge in [-0.05, 0) is 35.6 Å². The molecular formula is C27H36F2N8O5S. The van der Waals surface area contributed by atoms with Crippen molar-refractivity contribution in [3.05, 3.63) is 16.9 Å². The molecule has 13 nitrogen and oxygen atoms in total. The van der Waals surface area contributed by atoms with Gasteiger partial charge in [-0.1, -0.05) is 13.8 Å². The third-order valence-electron chi connectivity index (χ3n) is 9.72. The van der Waals surface area contributed by atoms with Crippen LogP contribution in [0.4, 0.5) is 8.78 Å². The summed E-state index contributed by atoms with van der Waals surface area (Å²) in [6, 6.07) is -0.784. The van der Waals surface area contributed by atoms with Crippen LogP contribution in [0.3, 0.4) is 0 Å². The lowest BCUT2D eigenvalue weighted by molar-refractivity contribution is -0.160. The molecule has 3 unspecified atom stereocenters. The fraction of sp³-hybridized carbons (Fsp3) is 0.741. The highest BCUT2D eigenvalue weighted by Gasteiger charge is 2.60. The molecule has 43 heavy (non-hydrogen) atoms. The minimum atomic E-state index is -2.71. The van der Waals surface area contributed by atoms with Gasteiger partial charge >= 0.3 is 5.97 Å². The van der Waals surface area contributed by atoms with Crippen LogP contribution in [0, 0.1) is 17.8 Å². The molecule has 0 radical (unpaired) electrons. The molecule has 6 rings (SSSR count). The Morgan fingerprint density at radius 1 is 1.26 bits per heavy atom. The molecule has 0 aromatic carbocycles. The number of aromatic nitrogens is 4. The van der Waals surface area contributed by atoms with Crippen molar-refractivity contribution in [2.75, 3.05) is 26.2 Å². The summed E-state index contributed by atoms with van der Waals surface area (Å²) in [6.07, 6.45) is 2.76. The van der Waals surface area contributed by atoms with Crippen molar-refractivity contribution in [1.82, 2.24) is 40.6 Å². The van der Waals surface area contributed by atoms with Crippen LogP contribution in [0.1, 0.15) is 46.0 Å². The van der Waals surface area contributed by atoms with Gasteiger partial charge < -0.3 is 25.5 Å². The summed E-state index contributed by atoms with van der Waals surface area (Å²) in [4.78, 5) is 55.2. The summed E-state index contributed by atoms with van der Waals surface area (Å²) in [7, 11) is 0. The highest BCUT2D eigenvalue weighted by atomic mass is 32.2. The minimum absolute atomic E-state index is 0.00159. The number of carbonyl (C=O) groups is 4. The molecule has 16 heteroatoms. The van der Waals surface area contributed by atoms with Crippen molar-refractivity contribution in [3.8, 4) is 0 Å². The van der Waals surface area contributed by atoms with E-state index in [0.717, 1.165) is 0 Å². The van der Waals surface area contributed by atoms with Crippen molar-refractivity contribution < 1.29 is 33.1 Å². The molecule has 6 heterocycles. The molecular weight excluding hydrogens is 586 g/mol. The molecule has 4 fully saturated rings. The number of ketones is 1. The highest BCUT2D eigenvalue weighted by molar-refractivity contribution is 8.03. The van der Waals surface area contributed by atoms with Gasteiger partial charge in [0.2, 0.25) is 11.8 Å². The van der Waals surface area contributed by atoms with Gasteiger partial charge in [-0.3, -0.25) is 14.4 Å². The first-order valence-electron chi connectivity index (χ1n) is 14.7. The zero-order valence-corrected chi connectivity index (χ0v) is 24.9. The number of carboxylic acids is 1. The molecule has 2 amide bonds. The SMILES string of the molecule is CC(CC(=O)Cn1cnnn1)[C@H]1C(=O)N2C(C(=O)O)=C(SC3CNC(C(=O)N4CCC5(CC4)CC(F)(F)CN5)C3)[C@H](C)[C@H]12. The van der Waals surface area contributed by atoms with Gasteiger partial charge in [0, 0.05) is 54.1 Å². The maximum atomic E-state index is 13.8. The number of piperidine rings is 1. The summed E-state index contributed by atoms with van der Waals surface area (Å²) in [5, 5.41) is 27.0. The second-order valence-electron chi connectivity index (χ2n) is 12.7. The van der Waals surface area contributed by atoms with E-state index in [0.29, 0.717) is 43.8 Å². The van der Waals surface area contributed by atoms with Gasteiger partial charge in [0.1, 0.15) is 18.6 Å². The maximum Gasteiger partial charge on any atom is 0.353 e. The van der Waals surface area contributed by atoms with E-state index in [1.165, 1.54) is 27.7 Å². The van der Waals surface area contributed by atoms with Crippen LogP contribution in [-0.2, 0) is 25.7 Å². The van der Waals surface area contributed by atoms with Crippen LogP contribution in [-0.4, -0.2) is 114 Å². The Bertz CT molecular complexity index is 1330. The summed E-state index contributed by atoms with van der Waals surface area (Å²) in [6.45, 7) is 4.77. The zero-order chi connectivity index (χ0) is 30.7. The Kier molecular flexibility index (Phi) is 7.82. The van der Waals surface area contributed by atoms with Gasteiger partial charge in [-0.25, -0.2) is 18.3 Å². The average Bonchev–Trinajstić information content (AvgIpc) is 3.72. The number of carboxylic acid groups (broad SMARTS) is 1. The molecule has 5 aliphatic rings. The van der Waals surface area contributed by atoms with E-state index in [9.17, 15) is 33.1 Å². The number of nitrogens with zero attached hydrogens (tertiary/aromatic N) is 6. The van der Waals surface area contributed by atoms with E-state index in [2.05, 4.69) is 26.2 Å². The molecule has 6 atom stereocenters. The lowest BCUT2D eigenvalue weighted by Gasteiger charge is -2.47. The normalized spacial score (nSPS) is 31.8. The van der Waals surface area contributed by atoms with E-state index in [1.807, 2.05) is 13.8 Å². The number of rotatable bonds is 9. The predicted molar refractivity (Wildman–Crippen MR) is 148 cm³/mol. The van der Waals surface area contributed by atoms with Gasteiger partial charge in [-0.15, -0.1) is 16.9 Å². The predicted octanol–water partition coefficient (Wildman–Crippen LogP) is 0.495. The number of hydrogen-bond acceptors (Lipinski definition) is 10. The Balaban J connectivity index is 1.05. The summed E-state index contributed by atoms with van der Waals surface area (Å²) in [5.74, 6) is -5.35. The van der Waals surface area contributed by atoms with E-state index in [1.54, 1.807) is 4.90 Å². The third-order valence-corrected chi connectivity index (χ3v) is 11.2. The topological polar surface area (TPSA) is 163 Å². The lowest BCUT2D eigenvalue weighted by atomic mass is 9.73. The number of thioether (sulfide) groups is 1. The van der Waals surface area contributed by atoms with Gasteiger partial charge in [-0.2, -0.15) is 0 Å². The molecule has 0 aliphatic carbocycles. The van der Waals surface area contributed by atoms with Gasteiger partial charge in [0.05, 0.1) is 24.5 Å². The highest BCUT2D eigenvalue weighted by Crippen LogP contribution is 2.53. The van der Waals surface area contributed by atoms with Crippen molar-refractivity contribution >= 4 is 35.3 Å². The molecule has 0 saturated carbocycles. The molecule has 3 N–H and O–H groups in total. The molecule has 0 bridgehead atoms. The molecule has 1 aromatic heterocycles. The monoisotopic (exact) mass is 622 g/mol. The smallest absolute Gasteiger partial charge is 0.353 e. The number of Topliss-reactive ketones (excluding diaryl/α,β-unsaturated/α-hetero) is 1. The van der Waals surface area contributed by atoms with Crippen LogP contribution in [0.2, 0.25) is 0 Å². The molecule has 1 aromatic rings. The first kappa shape index (κ1) is 30.1. The Morgan fingerprint density at radius 3 is 2.63 bits per heavy atom. The largest absolute Gasteiger partial charge is 0.477 e. The second-order valence-corrected chi connectivity index (χ2v) is 14.0. The zero-order valence-electron chi connectivity index (χ0n) is 24.0. The Labute approximate surface area is 251 Å². The number of tetrazole rings is 1. The quantitative estimate of drug-likeness (QED) is 0.329. The number of nitrogens with one attached hydrogen (secondary N) is 2. The molecule has 5 aliphatic heterocycles. The average molecular weight is 623 g/mol. The van der Waals surface area contributed by atoms with Crippen LogP contribution >= 0.6 is 11.8 Å². The number of aliphatic carboxylic acids is 1. The second kappa shape index (κ2) is 11.2. The van der Waals surface area contributed by atoms with Crippen molar-refractivity contribution in [2.24, 2.45) is 17.8 Å². The Morgan fingerprint density at radius 2 is 2.00 bits per heavy atom. The van der Waals surface area contributed by atoms with Crippen LogP contribution in [0.15, 0.2) is 16.9 Å². The first-order valence-corrected chi connectivity index (χ1v) is 15.6.